The summed E-state index contributed by atoms with van der Waals surface area (Å²) in [7, 11) is 0. The molecule has 0 radical (unpaired) electrons. The second-order valence-corrected chi connectivity index (χ2v) is 6.04. The molecule has 134 valence electrons. The zero-order valence-corrected chi connectivity index (χ0v) is 11.9. The average molecular weight is 340 g/mol. The molecule has 2 saturated heterocycles. The molecule has 3 aliphatic rings. The number of aliphatic hydroxyl groups is 8. The molecule has 11 heteroatoms. The fourth-order valence-corrected chi connectivity index (χ4v) is 3.36. The standard InChI is InChI=1S/C12H20O11/c13-1-4-5(16)6(17)7(18)8(21-4)22-11(3-15)12(20)9(19)10(12,2-14)23-11/h4-9,13-20H,1-3H2/t4-,5-,6+,7-,8-,9-,10+,11-,12+/m1/s1. The minimum atomic E-state index is -2.19. The van der Waals surface area contributed by atoms with Gasteiger partial charge in [-0.05, 0) is 0 Å². The topological polar surface area (TPSA) is 190 Å². The van der Waals surface area contributed by atoms with Gasteiger partial charge in [0.2, 0.25) is 5.79 Å². The van der Waals surface area contributed by atoms with E-state index in [9.17, 15) is 35.7 Å². The Morgan fingerprint density at radius 2 is 1.57 bits per heavy atom. The Hall–Kier alpha value is -0.440. The van der Waals surface area contributed by atoms with Crippen molar-refractivity contribution in [1.29, 1.82) is 0 Å². The smallest absolute Gasteiger partial charge is 0.230 e. The third kappa shape index (κ3) is 1.86. The first-order chi connectivity index (χ1) is 10.7. The number of fused-ring (bicyclic) bond motifs is 1. The van der Waals surface area contributed by atoms with Gasteiger partial charge in [0, 0.05) is 0 Å². The summed E-state index contributed by atoms with van der Waals surface area (Å²) in [6.07, 6.45) is -9.56. The molecule has 0 amide bonds. The fraction of sp³-hybridized carbons (Fsp3) is 1.00. The summed E-state index contributed by atoms with van der Waals surface area (Å²) < 4.78 is 15.5. The summed E-state index contributed by atoms with van der Waals surface area (Å²) >= 11 is 0. The van der Waals surface area contributed by atoms with Crippen molar-refractivity contribution in [3.8, 4) is 0 Å². The van der Waals surface area contributed by atoms with E-state index in [4.69, 9.17) is 19.3 Å². The summed E-state index contributed by atoms with van der Waals surface area (Å²) in [6.45, 7) is -2.37. The van der Waals surface area contributed by atoms with Crippen LogP contribution in [0.2, 0.25) is 0 Å². The van der Waals surface area contributed by atoms with Crippen molar-refractivity contribution < 1.29 is 55.1 Å². The van der Waals surface area contributed by atoms with Crippen LogP contribution in [0.3, 0.4) is 0 Å². The van der Waals surface area contributed by atoms with E-state index >= 15 is 0 Å². The summed E-state index contributed by atoms with van der Waals surface area (Å²) in [4.78, 5) is 0. The van der Waals surface area contributed by atoms with E-state index in [0.717, 1.165) is 0 Å². The summed E-state index contributed by atoms with van der Waals surface area (Å²) in [5.41, 5.74) is -3.81. The SMILES string of the molecule is OC[C@H]1O[C@H](O[C@]2(CO)O[C@@]3(CO)[C@@H](O)[C@@]23O)[C@H](O)[C@@H](O)[C@@H]1O. The number of aliphatic hydroxyl groups excluding tert-OH is 7. The first-order valence-electron chi connectivity index (χ1n) is 7.05. The predicted molar refractivity (Wildman–Crippen MR) is 66.5 cm³/mol. The van der Waals surface area contributed by atoms with Crippen LogP contribution in [0.4, 0.5) is 0 Å². The van der Waals surface area contributed by atoms with Crippen molar-refractivity contribution in [1.82, 2.24) is 0 Å². The third-order valence-corrected chi connectivity index (χ3v) is 4.92. The van der Waals surface area contributed by atoms with Crippen LogP contribution in [0.5, 0.6) is 0 Å². The molecule has 8 N–H and O–H groups in total. The number of hydrogen-bond donors (Lipinski definition) is 8. The van der Waals surface area contributed by atoms with Gasteiger partial charge in [-0.3, -0.25) is 0 Å². The van der Waals surface area contributed by atoms with Gasteiger partial charge in [0.05, 0.1) is 13.2 Å². The molecular formula is C12H20O11. The van der Waals surface area contributed by atoms with Crippen LogP contribution in [0.25, 0.3) is 0 Å². The summed E-state index contributed by atoms with van der Waals surface area (Å²) in [5, 5.41) is 77.2. The zero-order valence-electron chi connectivity index (χ0n) is 11.9. The van der Waals surface area contributed by atoms with Crippen molar-refractivity contribution >= 4 is 0 Å². The normalized spacial score (nSPS) is 58.4. The van der Waals surface area contributed by atoms with Crippen LogP contribution >= 0.6 is 0 Å². The highest BCUT2D eigenvalue weighted by atomic mass is 16.8. The van der Waals surface area contributed by atoms with Gasteiger partial charge in [-0.25, -0.2) is 0 Å². The predicted octanol–water partition coefficient (Wildman–Crippen LogP) is -5.64. The van der Waals surface area contributed by atoms with Gasteiger partial charge in [-0.2, -0.15) is 0 Å². The van der Waals surface area contributed by atoms with Crippen LogP contribution in [0, 0.1) is 0 Å². The fourth-order valence-electron chi connectivity index (χ4n) is 3.36. The second kappa shape index (κ2) is 5.28. The van der Waals surface area contributed by atoms with E-state index in [2.05, 4.69) is 0 Å². The lowest BCUT2D eigenvalue weighted by Crippen LogP contribution is -2.72. The van der Waals surface area contributed by atoms with E-state index in [0.29, 0.717) is 0 Å². The van der Waals surface area contributed by atoms with Crippen molar-refractivity contribution in [2.45, 2.75) is 53.8 Å². The number of rotatable bonds is 5. The van der Waals surface area contributed by atoms with E-state index in [-0.39, 0.29) is 0 Å². The molecule has 23 heavy (non-hydrogen) atoms. The Morgan fingerprint density at radius 3 is 2.00 bits per heavy atom. The van der Waals surface area contributed by atoms with E-state index in [1.807, 2.05) is 0 Å². The molecule has 0 spiro atoms. The van der Waals surface area contributed by atoms with Crippen molar-refractivity contribution in [2.24, 2.45) is 0 Å². The number of ether oxygens (including phenoxy) is 3. The molecule has 11 nitrogen and oxygen atoms in total. The lowest BCUT2D eigenvalue weighted by Gasteiger charge is -2.51. The van der Waals surface area contributed by atoms with Gasteiger partial charge < -0.3 is 55.1 Å². The Morgan fingerprint density at radius 1 is 0.913 bits per heavy atom. The highest BCUT2D eigenvalue weighted by Crippen LogP contribution is 2.69. The minimum absolute atomic E-state index is 0.689. The molecule has 3 rings (SSSR count). The van der Waals surface area contributed by atoms with Crippen molar-refractivity contribution in [3.63, 3.8) is 0 Å². The van der Waals surface area contributed by atoms with Gasteiger partial charge in [-0.1, -0.05) is 0 Å². The van der Waals surface area contributed by atoms with Gasteiger partial charge in [-0.15, -0.1) is 0 Å². The Bertz CT molecular complexity index is 474. The molecule has 1 saturated carbocycles. The van der Waals surface area contributed by atoms with Crippen LogP contribution < -0.4 is 0 Å². The molecular weight excluding hydrogens is 320 g/mol. The molecule has 0 aromatic carbocycles. The van der Waals surface area contributed by atoms with Gasteiger partial charge >= 0.3 is 0 Å². The second-order valence-electron chi connectivity index (χ2n) is 6.04. The number of hydrogen-bond acceptors (Lipinski definition) is 11. The Kier molecular flexibility index (Phi) is 3.99. The van der Waals surface area contributed by atoms with Gasteiger partial charge in [0.15, 0.2) is 17.5 Å². The summed E-state index contributed by atoms with van der Waals surface area (Å²) in [6, 6.07) is 0. The molecule has 1 aliphatic carbocycles. The van der Waals surface area contributed by atoms with Gasteiger partial charge in [0.1, 0.15) is 37.1 Å². The van der Waals surface area contributed by atoms with E-state index < -0.39 is 73.6 Å². The van der Waals surface area contributed by atoms with E-state index in [1.165, 1.54) is 0 Å². The largest absolute Gasteiger partial charge is 0.394 e. The van der Waals surface area contributed by atoms with Crippen LogP contribution in [-0.2, 0) is 14.2 Å². The molecule has 2 heterocycles. The highest BCUT2D eigenvalue weighted by Gasteiger charge is 2.97. The van der Waals surface area contributed by atoms with Crippen LogP contribution in [-0.4, -0.2) is 114 Å². The maximum Gasteiger partial charge on any atom is 0.230 e. The molecule has 0 unspecified atom stereocenters. The lowest BCUT2D eigenvalue weighted by molar-refractivity contribution is -0.458. The first kappa shape index (κ1) is 17.4. The molecule has 2 aliphatic heterocycles. The summed E-state index contributed by atoms with van der Waals surface area (Å²) in [5.74, 6) is -2.19. The third-order valence-electron chi connectivity index (χ3n) is 4.92. The molecule has 3 fully saturated rings. The van der Waals surface area contributed by atoms with Crippen molar-refractivity contribution in [3.05, 3.63) is 0 Å². The quantitative estimate of drug-likeness (QED) is 0.238. The van der Waals surface area contributed by atoms with Gasteiger partial charge in [0.25, 0.3) is 0 Å². The Labute approximate surface area is 129 Å². The Balaban J connectivity index is 1.78. The lowest BCUT2D eigenvalue weighted by atomic mass is 9.95. The molecule has 0 bridgehead atoms. The van der Waals surface area contributed by atoms with Crippen molar-refractivity contribution in [2.75, 3.05) is 19.8 Å². The zero-order chi connectivity index (χ0) is 17.2. The maximum atomic E-state index is 10.4. The first-order valence-corrected chi connectivity index (χ1v) is 7.05. The average Bonchev–Trinajstić information content (AvgIpc) is 2.95. The molecule has 9 atom stereocenters. The van der Waals surface area contributed by atoms with Crippen LogP contribution in [0.15, 0.2) is 0 Å². The minimum Gasteiger partial charge on any atom is -0.394 e. The van der Waals surface area contributed by atoms with E-state index in [1.54, 1.807) is 0 Å². The highest BCUT2D eigenvalue weighted by molar-refractivity contribution is 5.41. The van der Waals surface area contributed by atoms with Crippen LogP contribution in [0.1, 0.15) is 0 Å². The molecule has 0 aromatic heterocycles. The maximum absolute atomic E-state index is 10.4. The molecule has 0 aromatic rings. The monoisotopic (exact) mass is 340 g/mol.